The molecule has 0 radical (unpaired) electrons. The van der Waals surface area contributed by atoms with Crippen molar-refractivity contribution in [3.8, 4) is 0 Å². The van der Waals surface area contributed by atoms with Crippen molar-refractivity contribution in [3.05, 3.63) is 0 Å². The van der Waals surface area contributed by atoms with Gasteiger partial charge in [-0.25, -0.2) is 4.79 Å². The summed E-state index contributed by atoms with van der Waals surface area (Å²) in [5, 5.41) is 12.6. The molecule has 1 aliphatic rings. The second kappa shape index (κ2) is 4.77. The number of carboxylic acid groups (broad SMARTS) is 1. The van der Waals surface area contributed by atoms with Crippen molar-refractivity contribution in [2.75, 3.05) is 6.54 Å². The smallest absolute Gasteiger partial charge is 0.324 e. The molecule has 1 rings (SSSR count). The van der Waals surface area contributed by atoms with E-state index in [4.69, 9.17) is 0 Å². The zero-order valence-corrected chi connectivity index (χ0v) is 8.49. The third kappa shape index (κ3) is 2.68. The van der Waals surface area contributed by atoms with Crippen LogP contribution in [0.1, 0.15) is 26.2 Å². The van der Waals surface area contributed by atoms with Crippen LogP contribution in [0.3, 0.4) is 0 Å². The molecule has 84 valence electrons. The van der Waals surface area contributed by atoms with Crippen LogP contribution in [-0.4, -0.2) is 35.4 Å². The van der Waals surface area contributed by atoms with Crippen LogP contribution in [0, 0.1) is 0 Å². The lowest BCUT2D eigenvalue weighted by Gasteiger charge is -2.11. The van der Waals surface area contributed by atoms with Crippen LogP contribution in [0.4, 0.5) is 4.79 Å². The first-order valence-corrected chi connectivity index (χ1v) is 4.88. The lowest BCUT2D eigenvalue weighted by atomic mass is 10.1. The van der Waals surface area contributed by atoms with Crippen molar-refractivity contribution >= 4 is 17.9 Å². The van der Waals surface area contributed by atoms with Gasteiger partial charge in [-0.15, -0.1) is 0 Å². The Morgan fingerprint density at radius 3 is 2.73 bits per heavy atom. The molecule has 15 heavy (non-hydrogen) atoms. The van der Waals surface area contributed by atoms with Gasteiger partial charge < -0.3 is 15.2 Å². The normalized spacial score (nSPS) is 20.6. The number of carbonyl (C=O) groups is 3. The van der Waals surface area contributed by atoms with Crippen LogP contribution >= 0.6 is 0 Å². The Labute approximate surface area is 87.2 Å². The molecular formula is C9H13N2O4-. The van der Waals surface area contributed by atoms with Gasteiger partial charge in [0.15, 0.2) is 0 Å². The second-order valence-electron chi connectivity index (χ2n) is 3.40. The molecule has 0 bridgehead atoms. The summed E-state index contributed by atoms with van der Waals surface area (Å²) in [6.07, 6.45) is 0.552. The molecule has 6 nitrogen and oxygen atoms in total. The topological polar surface area (TPSA) is 89.5 Å². The number of imide groups is 1. The number of nitrogens with zero attached hydrogens (tertiary/aromatic N) is 1. The number of urea groups is 1. The number of hydrogen-bond acceptors (Lipinski definition) is 4. The fraction of sp³-hybridized carbons (Fsp3) is 0.667. The van der Waals surface area contributed by atoms with E-state index in [-0.39, 0.29) is 18.7 Å². The molecule has 1 N–H and O–H groups in total. The molecule has 0 aromatic rings. The maximum atomic E-state index is 11.5. The third-order valence-corrected chi connectivity index (χ3v) is 2.19. The van der Waals surface area contributed by atoms with E-state index in [9.17, 15) is 19.5 Å². The van der Waals surface area contributed by atoms with Gasteiger partial charge in [0.05, 0.1) is 0 Å². The number of amides is 3. The highest BCUT2D eigenvalue weighted by Crippen LogP contribution is 2.11. The lowest BCUT2D eigenvalue weighted by molar-refractivity contribution is -0.305. The zero-order valence-electron chi connectivity index (χ0n) is 8.49. The third-order valence-electron chi connectivity index (χ3n) is 2.19. The standard InChI is InChI=1S/C9H14N2O4/c1-2-5-11-8(14)6(10-9(11)15)3-4-7(12)13/h6H,2-5H2,1H3,(H,10,15)(H,12,13)/p-1/t6-/m1/s1. The first kappa shape index (κ1) is 11.5. The predicted molar refractivity (Wildman–Crippen MR) is 48.6 cm³/mol. The van der Waals surface area contributed by atoms with Crippen molar-refractivity contribution in [1.29, 1.82) is 0 Å². The largest absolute Gasteiger partial charge is 0.550 e. The van der Waals surface area contributed by atoms with Crippen molar-refractivity contribution in [2.45, 2.75) is 32.2 Å². The predicted octanol–water partition coefficient (Wildman–Crippen LogP) is -1.15. The van der Waals surface area contributed by atoms with Gasteiger partial charge in [-0.3, -0.25) is 9.69 Å². The van der Waals surface area contributed by atoms with E-state index in [1.165, 1.54) is 0 Å². The highest BCUT2D eigenvalue weighted by atomic mass is 16.4. The minimum absolute atomic E-state index is 0.0904. The molecule has 1 heterocycles. The summed E-state index contributed by atoms with van der Waals surface area (Å²) in [6.45, 7) is 2.22. The number of hydrogen-bond donors (Lipinski definition) is 1. The van der Waals surface area contributed by atoms with Gasteiger partial charge in [0, 0.05) is 12.5 Å². The number of carbonyl (C=O) groups excluding carboxylic acids is 3. The van der Waals surface area contributed by atoms with E-state index >= 15 is 0 Å². The minimum Gasteiger partial charge on any atom is -0.550 e. The fourth-order valence-electron chi connectivity index (χ4n) is 1.47. The van der Waals surface area contributed by atoms with Gasteiger partial charge in [-0.05, 0) is 19.3 Å². The molecule has 0 spiro atoms. The van der Waals surface area contributed by atoms with Gasteiger partial charge in [0.1, 0.15) is 6.04 Å². The Balaban J connectivity index is 2.53. The molecule has 0 aromatic heterocycles. The maximum absolute atomic E-state index is 11.5. The summed E-state index contributed by atoms with van der Waals surface area (Å²) in [5.41, 5.74) is 0. The van der Waals surface area contributed by atoms with Gasteiger partial charge in [0.2, 0.25) is 0 Å². The number of carboxylic acids is 1. The average Bonchev–Trinajstić information content (AvgIpc) is 2.43. The van der Waals surface area contributed by atoms with E-state index in [2.05, 4.69) is 5.32 Å². The van der Waals surface area contributed by atoms with Gasteiger partial charge in [0.25, 0.3) is 5.91 Å². The molecule has 0 aromatic carbocycles. The van der Waals surface area contributed by atoms with Crippen LogP contribution in [0.15, 0.2) is 0 Å². The molecule has 0 aliphatic carbocycles. The Bertz CT molecular complexity index is 290. The van der Waals surface area contributed by atoms with Crippen LogP contribution in [0.2, 0.25) is 0 Å². The van der Waals surface area contributed by atoms with E-state index in [1.807, 2.05) is 6.92 Å². The van der Waals surface area contributed by atoms with Gasteiger partial charge >= 0.3 is 6.03 Å². The molecule has 1 aliphatic heterocycles. The SMILES string of the molecule is CCCN1C(=O)N[C@H](CCC(=O)[O-])C1=O. The molecule has 1 fully saturated rings. The fourth-order valence-corrected chi connectivity index (χ4v) is 1.47. The first-order valence-electron chi connectivity index (χ1n) is 4.88. The summed E-state index contributed by atoms with van der Waals surface area (Å²) >= 11 is 0. The second-order valence-corrected chi connectivity index (χ2v) is 3.40. The molecule has 0 saturated carbocycles. The summed E-state index contributed by atoms with van der Waals surface area (Å²) in [6, 6.07) is -1.15. The van der Waals surface area contributed by atoms with E-state index in [0.29, 0.717) is 13.0 Å². The van der Waals surface area contributed by atoms with Crippen molar-refractivity contribution in [3.63, 3.8) is 0 Å². The average molecular weight is 213 g/mol. The molecule has 1 saturated heterocycles. The van der Waals surface area contributed by atoms with Crippen molar-refractivity contribution in [2.24, 2.45) is 0 Å². The summed E-state index contributed by atoms with van der Waals surface area (Å²) in [4.78, 5) is 34.1. The molecule has 0 unspecified atom stereocenters. The summed E-state index contributed by atoms with van der Waals surface area (Å²) in [5.74, 6) is -1.56. The van der Waals surface area contributed by atoms with Crippen LogP contribution in [-0.2, 0) is 9.59 Å². The Hall–Kier alpha value is -1.59. The zero-order chi connectivity index (χ0) is 11.4. The molecule has 6 heteroatoms. The Morgan fingerprint density at radius 1 is 1.53 bits per heavy atom. The van der Waals surface area contributed by atoms with Gasteiger partial charge in [-0.2, -0.15) is 0 Å². The summed E-state index contributed by atoms with van der Waals surface area (Å²) in [7, 11) is 0. The number of rotatable bonds is 5. The lowest BCUT2D eigenvalue weighted by Crippen LogP contribution is -2.33. The van der Waals surface area contributed by atoms with Crippen LogP contribution in [0.5, 0.6) is 0 Å². The molecule has 1 atom stereocenters. The molecule has 3 amide bonds. The monoisotopic (exact) mass is 213 g/mol. The van der Waals surface area contributed by atoms with E-state index < -0.39 is 18.0 Å². The highest BCUT2D eigenvalue weighted by molar-refractivity contribution is 6.04. The number of nitrogens with one attached hydrogen (secondary N) is 1. The molecular weight excluding hydrogens is 200 g/mol. The highest BCUT2D eigenvalue weighted by Gasteiger charge is 2.36. The number of aliphatic carboxylic acids is 1. The van der Waals surface area contributed by atoms with Crippen LogP contribution in [0.25, 0.3) is 0 Å². The van der Waals surface area contributed by atoms with E-state index in [0.717, 1.165) is 4.90 Å². The van der Waals surface area contributed by atoms with E-state index in [1.54, 1.807) is 0 Å². The van der Waals surface area contributed by atoms with Crippen LogP contribution < -0.4 is 10.4 Å². The van der Waals surface area contributed by atoms with Gasteiger partial charge in [-0.1, -0.05) is 6.92 Å². The Kier molecular flexibility index (Phi) is 3.65. The minimum atomic E-state index is -1.22. The van der Waals surface area contributed by atoms with Crippen molar-refractivity contribution < 1.29 is 19.5 Å². The quantitative estimate of drug-likeness (QED) is 0.584. The Morgan fingerprint density at radius 2 is 2.20 bits per heavy atom. The maximum Gasteiger partial charge on any atom is 0.324 e. The first-order chi connectivity index (χ1) is 7.06. The summed E-state index contributed by atoms with van der Waals surface area (Å²) < 4.78 is 0. The van der Waals surface area contributed by atoms with Crippen molar-refractivity contribution in [1.82, 2.24) is 10.2 Å².